The van der Waals surface area contributed by atoms with Gasteiger partial charge in [0.15, 0.2) is 0 Å². The number of sulfonamides is 1. The molecule has 7 nitrogen and oxygen atoms in total. The predicted octanol–water partition coefficient (Wildman–Crippen LogP) is 4.73. The minimum Gasteiger partial charge on any atom is -0.352 e. The van der Waals surface area contributed by atoms with Gasteiger partial charge in [-0.3, -0.25) is 13.9 Å². The molecule has 0 aliphatic heterocycles. The maximum atomic E-state index is 14.5. The molecule has 0 bridgehead atoms. The smallest absolute Gasteiger partial charge is 0.264 e. The number of amides is 2. The number of carbonyl (C=O) groups excluding carboxylic acids is 2. The van der Waals surface area contributed by atoms with Gasteiger partial charge >= 0.3 is 0 Å². The number of hydrogen-bond acceptors (Lipinski definition) is 4. The molecule has 0 spiro atoms. The topological polar surface area (TPSA) is 86.8 Å². The van der Waals surface area contributed by atoms with Crippen LogP contribution in [0.3, 0.4) is 0 Å². The third-order valence-corrected chi connectivity index (χ3v) is 7.94. The van der Waals surface area contributed by atoms with Crippen LogP contribution in [0.1, 0.15) is 26.3 Å². The van der Waals surface area contributed by atoms with Gasteiger partial charge in [-0.1, -0.05) is 52.3 Å². The van der Waals surface area contributed by atoms with E-state index in [-0.39, 0.29) is 28.7 Å². The number of halogens is 2. The fraction of sp³-hybridized carbons (Fsp3) is 0.259. The molecular formula is C27H29BrFN3O4S. The molecule has 0 aliphatic rings. The number of nitrogens with zero attached hydrogens (tertiary/aromatic N) is 2. The summed E-state index contributed by atoms with van der Waals surface area (Å²) in [5, 5.41) is 2.76. The fourth-order valence-electron chi connectivity index (χ4n) is 3.65. The summed E-state index contributed by atoms with van der Waals surface area (Å²) < 4.78 is 43.5. The molecule has 0 fully saturated rings. The molecule has 3 rings (SSSR count). The van der Waals surface area contributed by atoms with E-state index in [1.54, 1.807) is 62.4 Å². The third-order valence-electron chi connectivity index (χ3n) is 5.62. The number of hydrogen-bond donors (Lipinski definition) is 1. The van der Waals surface area contributed by atoms with E-state index in [9.17, 15) is 22.4 Å². The van der Waals surface area contributed by atoms with Crippen LogP contribution in [0.2, 0.25) is 0 Å². The standard InChI is InChI=1S/C27H29BrFN3O4S/c1-19(2)30-27(34)20(3)31(17-21-9-7-8-12-25(21)29)26(33)18-32(23-15-13-22(28)14-16-23)37(35,36)24-10-5-4-6-11-24/h4-16,19-20H,17-18H2,1-3H3,(H,30,34). The van der Waals surface area contributed by atoms with Crippen molar-refractivity contribution in [1.82, 2.24) is 10.2 Å². The average molecular weight is 591 g/mol. The molecule has 0 saturated heterocycles. The van der Waals surface area contributed by atoms with Crippen molar-refractivity contribution in [2.45, 2.75) is 44.3 Å². The number of rotatable bonds is 10. The Labute approximate surface area is 225 Å². The van der Waals surface area contributed by atoms with Crippen LogP contribution in [0.5, 0.6) is 0 Å². The number of anilines is 1. The second-order valence-electron chi connectivity index (χ2n) is 8.75. The molecule has 0 radical (unpaired) electrons. The number of nitrogens with one attached hydrogen (secondary N) is 1. The first kappa shape index (κ1) is 28.3. The summed E-state index contributed by atoms with van der Waals surface area (Å²) in [6.07, 6.45) is 0. The highest BCUT2D eigenvalue weighted by Gasteiger charge is 2.33. The van der Waals surface area contributed by atoms with E-state index >= 15 is 0 Å². The van der Waals surface area contributed by atoms with E-state index < -0.39 is 40.2 Å². The van der Waals surface area contributed by atoms with Crippen LogP contribution in [0.15, 0.2) is 88.2 Å². The van der Waals surface area contributed by atoms with Gasteiger partial charge in [-0.25, -0.2) is 12.8 Å². The quantitative estimate of drug-likeness (QED) is 0.370. The van der Waals surface area contributed by atoms with Crippen molar-refractivity contribution in [3.63, 3.8) is 0 Å². The van der Waals surface area contributed by atoms with E-state index in [0.717, 1.165) is 8.78 Å². The summed E-state index contributed by atoms with van der Waals surface area (Å²) in [5.74, 6) is -1.61. The Morgan fingerprint density at radius 3 is 2.11 bits per heavy atom. The largest absolute Gasteiger partial charge is 0.352 e. The highest BCUT2D eigenvalue weighted by Crippen LogP contribution is 2.26. The second-order valence-corrected chi connectivity index (χ2v) is 11.5. The van der Waals surface area contributed by atoms with Crippen LogP contribution in [-0.4, -0.2) is 43.8 Å². The molecule has 0 aromatic heterocycles. The van der Waals surface area contributed by atoms with Gasteiger partial charge in [0.25, 0.3) is 10.0 Å². The third kappa shape index (κ3) is 7.17. The first-order chi connectivity index (χ1) is 17.5. The lowest BCUT2D eigenvalue weighted by Crippen LogP contribution is -2.52. The van der Waals surface area contributed by atoms with Crippen LogP contribution in [0.4, 0.5) is 10.1 Å². The van der Waals surface area contributed by atoms with Crippen molar-refractivity contribution in [1.29, 1.82) is 0 Å². The Bertz CT molecular complexity index is 1340. The van der Waals surface area contributed by atoms with Gasteiger partial charge in [0.1, 0.15) is 18.4 Å². The van der Waals surface area contributed by atoms with Gasteiger partial charge in [-0.15, -0.1) is 0 Å². The lowest BCUT2D eigenvalue weighted by molar-refractivity contribution is -0.139. The predicted molar refractivity (Wildman–Crippen MR) is 145 cm³/mol. The maximum absolute atomic E-state index is 14.5. The molecule has 10 heteroatoms. The molecule has 3 aromatic carbocycles. The van der Waals surface area contributed by atoms with Gasteiger partial charge in [0.05, 0.1) is 10.6 Å². The molecule has 37 heavy (non-hydrogen) atoms. The Balaban J connectivity index is 2.02. The van der Waals surface area contributed by atoms with Gasteiger partial charge < -0.3 is 10.2 Å². The molecule has 0 saturated carbocycles. The Morgan fingerprint density at radius 2 is 1.51 bits per heavy atom. The molecule has 0 heterocycles. The molecule has 1 atom stereocenters. The van der Waals surface area contributed by atoms with E-state index in [1.807, 2.05) is 0 Å². The molecule has 196 valence electrons. The van der Waals surface area contributed by atoms with E-state index in [0.29, 0.717) is 0 Å². The average Bonchev–Trinajstić information content (AvgIpc) is 2.87. The highest BCUT2D eigenvalue weighted by molar-refractivity contribution is 9.10. The molecule has 1 N–H and O–H groups in total. The summed E-state index contributed by atoms with van der Waals surface area (Å²) in [5.41, 5.74) is 0.478. The summed E-state index contributed by atoms with van der Waals surface area (Å²) >= 11 is 3.34. The van der Waals surface area contributed by atoms with E-state index in [2.05, 4.69) is 21.2 Å². The van der Waals surface area contributed by atoms with E-state index in [4.69, 9.17) is 0 Å². The lowest BCUT2D eigenvalue weighted by atomic mass is 10.1. The van der Waals surface area contributed by atoms with Gasteiger partial charge in [0, 0.05) is 22.6 Å². The molecule has 0 aliphatic carbocycles. The van der Waals surface area contributed by atoms with Crippen molar-refractivity contribution >= 4 is 43.5 Å². The lowest BCUT2D eigenvalue weighted by Gasteiger charge is -2.32. The maximum Gasteiger partial charge on any atom is 0.264 e. The van der Waals surface area contributed by atoms with Crippen molar-refractivity contribution in [3.05, 3.63) is 94.7 Å². The Kier molecular flexibility index (Phi) is 9.45. The van der Waals surface area contributed by atoms with Crippen molar-refractivity contribution in [2.24, 2.45) is 0 Å². The van der Waals surface area contributed by atoms with Crippen LogP contribution >= 0.6 is 15.9 Å². The number of benzene rings is 3. The van der Waals surface area contributed by atoms with Gasteiger partial charge in [-0.2, -0.15) is 0 Å². The number of carbonyl (C=O) groups is 2. The highest BCUT2D eigenvalue weighted by atomic mass is 79.9. The normalized spacial score (nSPS) is 12.2. The summed E-state index contributed by atoms with van der Waals surface area (Å²) in [7, 11) is -4.15. The first-order valence-electron chi connectivity index (χ1n) is 11.7. The Hall–Kier alpha value is -3.24. The summed E-state index contributed by atoms with van der Waals surface area (Å²) in [6, 6.07) is 19.1. The zero-order valence-electron chi connectivity index (χ0n) is 20.8. The van der Waals surface area contributed by atoms with Crippen molar-refractivity contribution in [3.8, 4) is 0 Å². The zero-order valence-corrected chi connectivity index (χ0v) is 23.2. The van der Waals surface area contributed by atoms with Crippen molar-refractivity contribution < 1.29 is 22.4 Å². The second kappa shape index (κ2) is 12.3. The Morgan fingerprint density at radius 1 is 0.919 bits per heavy atom. The minimum atomic E-state index is -4.15. The SMILES string of the molecule is CC(C)NC(=O)C(C)N(Cc1ccccc1F)C(=O)CN(c1ccc(Br)cc1)S(=O)(=O)c1ccccc1. The molecule has 3 aromatic rings. The van der Waals surface area contributed by atoms with Crippen LogP contribution in [-0.2, 0) is 26.2 Å². The monoisotopic (exact) mass is 589 g/mol. The first-order valence-corrected chi connectivity index (χ1v) is 13.9. The van der Waals surface area contributed by atoms with Crippen LogP contribution < -0.4 is 9.62 Å². The van der Waals surface area contributed by atoms with Crippen LogP contribution in [0.25, 0.3) is 0 Å². The zero-order chi connectivity index (χ0) is 27.2. The van der Waals surface area contributed by atoms with E-state index in [1.165, 1.54) is 42.2 Å². The molecular weight excluding hydrogens is 561 g/mol. The van der Waals surface area contributed by atoms with Crippen LogP contribution in [0, 0.1) is 5.82 Å². The summed E-state index contributed by atoms with van der Waals surface area (Å²) in [4.78, 5) is 27.8. The molecule has 1 unspecified atom stereocenters. The van der Waals surface area contributed by atoms with Crippen molar-refractivity contribution in [2.75, 3.05) is 10.8 Å². The van der Waals surface area contributed by atoms with Gasteiger partial charge in [0.2, 0.25) is 11.8 Å². The minimum absolute atomic E-state index is 0.0111. The van der Waals surface area contributed by atoms with Gasteiger partial charge in [-0.05, 0) is 63.2 Å². The molecule has 2 amide bonds. The fourth-order valence-corrected chi connectivity index (χ4v) is 5.35. The summed E-state index contributed by atoms with van der Waals surface area (Å²) in [6.45, 7) is 4.31.